The molecule has 3 aromatic carbocycles. The van der Waals surface area contributed by atoms with Gasteiger partial charge in [-0.1, -0.05) is 66.4 Å². The van der Waals surface area contributed by atoms with Crippen LogP contribution in [0, 0.1) is 0 Å². The molecule has 1 aliphatic heterocycles. The van der Waals surface area contributed by atoms with Gasteiger partial charge in [0.25, 0.3) is 11.5 Å². The molecular weight excluding hydrogens is 454 g/mol. The van der Waals surface area contributed by atoms with Crippen LogP contribution in [0.15, 0.2) is 88.6 Å². The third-order valence-electron chi connectivity index (χ3n) is 5.05. The highest BCUT2D eigenvalue weighted by molar-refractivity contribution is 8.26. The number of aromatic nitrogens is 2. The molecule has 0 spiro atoms. The summed E-state index contributed by atoms with van der Waals surface area (Å²) in [5.41, 5.74) is 2.07. The predicted octanol–water partition coefficient (Wildman–Crippen LogP) is 4.45. The van der Waals surface area contributed by atoms with Gasteiger partial charge < -0.3 is 10.1 Å². The number of nitrogens with one attached hydrogen (secondary N) is 1. The minimum atomic E-state index is -0.188. The Labute approximate surface area is 198 Å². The zero-order chi connectivity index (χ0) is 22.8. The van der Waals surface area contributed by atoms with E-state index in [9.17, 15) is 9.59 Å². The van der Waals surface area contributed by atoms with Gasteiger partial charge in [0.05, 0.1) is 21.5 Å². The summed E-state index contributed by atoms with van der Waals surface area (Å²) in [6.45, 7) is 0.113. The summed E-state index contributed by atoms with van der Waals surface area (Å²) in [5.74, 6) is 0.938. The van der Waals surface area contributed by atoms with E-state index in [0.29, 0.717) is 31.7 Å². The molecule has 0 unspecified atom stereocenters. The molecule has 1 amide bonds. The molecule has 0 atom stereocenters. The molecule has 1 saturated heterocycles. The monoisotopic (exact) mass is 471 g/mol. The lowest BCUT2D eigenvalue weighted by molar-refractivity contribution is -0.115. The van der Waals surface area contributed by atoms with E-state index in [0.717, 1.165) is 11.3 Å². The van der Waals surface area contributed by atoms with Crippen molar-refractivity contribution in [2.75, 3.05) is 0 Å². The van der Waals surface area contributed by atoms with Gasteiger partial charge in [-0.2, -0.15) is 0 Å². The van der Waals surface area contributed by atoms with Crippen LogP contribution in [0.4, 0.5) is 0 Å². The Morgan fingerprint density at radius 2 is 1.70 bits per heavy atom. The Morgan fingerprint density at radius 3 is 2.42 bits per heavy atom. The number of thiocarbonyl (C=S) groups is 1. The van der Waals surface area contributed by atoms with Gasteiger partial charge in [-0.3, -0.25) is 14.2 Å². The minimum absolute atomic E-state index is 0.113. The largest absolute Gasteiger partial charge is 0.486 e. The molecule has 0 saturated carbocycles. The highest BCUT2D eigenvalue weighted by atomic mass is 32.2. The van der Waals surface area contributed by atoms with E-state index in [4.69, 9.17) is 21.9 Å². The van der Waals surface area contributed by atoms with Crippen LogP contribution in [0.1, 0.15) is 11.4 Å². The van der Waals surface area contributed by atoms with Gasteiger partial charge >= 0.3 is 0 Å². The molecule has 4 aromatic rings. The van der Waals surface area contributed by atoms with Gasteiger partial charge in [0.15, 0.2) is 5.82 Å². The number of thioether (sulfide) groups is 1. The maximum atomic E-state index is 13.2. The van der Waals surface area contributed by atoms with Crippen molar-refractivity contribution in [3.05, 3.63) is 106 Å². The predicted molar refractivity (Wildman–Crippen MR) is 134 cm³/mol. The third kappa shape index (κ3) is 4.44. The lowest BCUT2D eigenvalue weighted by Gasteiger charge is -2.14. The molecule has 162 valence electrons. The number of benzene rings is 3. The molecule has 6 nitrogen and oxygen atoms in total. The van der Waals surface area contributed by atoms with E-state index < -0.39 is 0 Å². The van der Waals surface area contributed by atoms with Crippen molar-refractivity contribution < 1.29 is 9.53 Å². The number of fused-ring (bicyclic) bond motifs is 1. The first-order valence-electron chi connectivity index (χ1n) is 10.1. The van der Waals surface area contributed by atoms with Crippen LogP contribution in [0.5, 0.6) is 5.75 Å². The molecule has 1 aliphatic rings. The van der Waals surface area contributed by atoms with Crippen molar-refractivity contribution >= 4 is 51.2 Å². The summed E-state index contributed by atoms with van der Waals surface area (Å²) in [7, 11) is 0. The second kappa shape index (κ2) is 9.01. The zero-order valence-electron chi connectivity index (χ0n) is 17.2. The normalized spacial score (nSPS) is 14.6. The molecule has 1 fully saturated rings. The van der Waals surface area contributed by atoms with Crippen LogP contribution in [0.2, 0.25) is 0 Å². The van der Waals surface area contributed by atoms with Crippen LogP contribution in [0.3, 0.4) is 0 Å². The Balaban J connectivity index is 1.43. The van der Waals surface area contributed by atoms with Gasteiger partial charge in [-0.05, 0) is 48.0 Å². The number of rotatable bonds is 5. The zero-order valence-corrected chi connectivity index (χ0v) is 18.9. The Kier molecular flexibility index (Phi) is 5.77. The van der Waals surface area contributed by atoms with Crippen molar-refractivity contribution in [3.63, 3.8) is 0 Å². The summed E-state index contributed by atoms with van der Waals surface area (Å²) in [6.07, 6.45) is 1.78. The average molecular weight is 472 g/mol. The topological polar surface area (TPSA) is 73.2 Å². The van der Waals surface area contributed by atoms with Crippen LogP contribution < -0.4 is 15.6 Å². The summed E-state index contributed by atoms with van der Waals surface area (Å²) in [4.78, 5) is 30.3. The van der Waals surface area contributed by atoms with E-state index in [1.54, 1.807) is 16.7 Å². The first kappa shape index (κ1) is 21.1. The number of hydrogen-bond acceptors (Lipinski definition) is 6. The second-order valence-electron chi connectivity index (χ2n) is 7.23. The number of amides is 1. The van der Waals surface area contributed by atoms with Crippen molar-refractivity contribution in [2.24, 2.45) is 0 Å². The first-order valence-corrected chi connectivity index (χ1v) is 11.3. The Morgan fingerprint density at radius 1 is 0.970 bits per heavy atom. The van der Waals surface area contributed by atoms with Crippen LogP contribution in [-0.2, 0) is 11.4 Å². The highest BCUT2D eigenvalue weighted by Gasteiger charge is 2.21. The quantitative estimate of drug-likeness (QED) is 0.342. The maximum absolute atomic E-state index is 13.2. The van der Waals surface area contributed by atoms with Crippen molar-refractivity contribution in [2.45, 2.75) is 6.61 Å². The SMILES string of the molecule is O=C1NC(=S)SC1=Cc1ccc(OCc2nc3ccccc3c(=O)n2-c2ccccc2)cc1. The second-order valence-corrected chi connectivity index (χ2v) is 8.95. The van der Waals surface area contributed by atoms with Crippen LogP contribution in [0.25, 0.3) is 22.7 Å². The van der Waals surface area contributed by atoms with E-state index in [2.05, 4.69) is 5.32 Å². The van der Waals surface area contributed by atoms with E-state index in [1.165, 1.54) is 11.8 Å². The fraction of sp³-hybridized carbons (Fsp3) is 0.0400. The summed E-state index contributed by atoms with van der Waals surface area (Å²) in [5, 5.41) is 3.15. The van der Waals surface area contributed by atoms with Gasteiger partial charge in [-0.15, -0.1) is 0 Å². The first-order chi connectivity index (χ1) is 16.1. The average Bonchev–Trinajstić information content (AvgIpc) is 3.15. The maximum Gasteiger partial charge on any atom is 0.266 e. The number of carbonyl (C=O) groups excluding carboxylic acids is 1. The number of ether oxygens (including phenoxy) is 1. The van der Waals surface area contributed by atoms with Crippen LogP contribution in [-0.4, -0.2) is 19.8 Å². The lowest BCUT2D eigenvalue weighted by Crippen LogP contribution is -2.24. The smallest absolute Gasteiger partial charge is 0.266 e. The molecule has 2 heterocycles. The number of para-hydroxylation sites is 2. The van der Waals surface area contributed by atoms with Gasteiger partial charge in [0, 0.05) is 0 Å². The van der Waals surface area contributed by atoms with Gasteiger partial charge in [0.1, 0.15) is 16.7 Å². The van der Waals surface area contributed by atoms with E-state index >= 15 is 0 Å². The number of hydrogen-bond donors (Lipinski definition) is 1. The molecule has 1 N–H and O–H groups in total. The standard InChI is InChI=1S/C25H17N3O3S2/c29-23-21(33-25(32)27-23)14-16-10-12-18(13-11-16)31-15-22-26-20-9-5-4-8-19(20)24(30)28(22)17-6-2-1-3-7-17/h1-14H,15H2,(H,27,29,32). The molecule has 0 radical (unpaired) electrons. The van der Waals surface area contributed by atoms with Crippen molar-refractivity contribution in [1.29, 1.82) is 0 Å². The summed E-state index contributed by atoms with van der Waals surface area (Å²) < 4.78 is 8.01. The Bertz CT molecular complexity index is 1460. The molecule has 0 aliphatic carbocycles. The fourth-order valence-electron chi connectivity index (χ4n) is 3.50. The number of nitrogens with zero attached hydrogens (tertiary/aromatic N) is 2. The van der Waals surface area contributed by atoms with Crippen molar-refractivity contribution in [1.82, 2.24) is 14.9 Å². The number of carbonyl (C=O) groups is 1. The molecule has 8 heteroatoms. The fourth-order valence-corrected chi connectivity index (χ4v) is 4.54. The van der Waals surface area contributed by atoms with Crippen LogP contribution >= 0.6 is 24.0 Å². The highest BCUT2D eigenvalue weighted by Crippen LogP contribution is 2.26. The van der Waals surface area contributed by atoms with E-state index in [1.807, 2.05) is 72.8 Å². The van der Waals surface area contributed by atoms with E-state index in [-0.39, 0.29) is 18.1 Å². The van der Waals surface area contributed by atoms with Gasteiger partial charge in [-0.25, -0.2) is 4.98 Å². The minimum Gasteiger partial charge on any atom is -0.486 e. The van der Waals surface area contributed by atoms with Gasteiger partial charge in [0.2, 0.25) is 0 Å². The lowest BCUT2D eigenvalue weighted by atomic mass is 10.2. The molecular formula is C25H17N3O3S2. The molecule has 1 aromatic heterocycles. The third-order valence-corrected chi connectivity index (χ3v) is 6.21. The summed E-state index contributed by atoms with van der Waals surface area (Å²) >= 11 is 6.26. The van der Waals surface area contributed by atoms with Crippen molar-refractivity contribution in [3.8, 4) is 11.4 Å². The molecule has 5 rings (SSSR count). The molecule has 33 heavy (non-hydrogen) atoms. The summed E-state index contributed by atoms with van der Waals surface area (Å²) in [6, 6.07) is 24.0. The molecule has 0 bridgehead atoms. The Hall–Kier alpha value is -3.75.